The summed E-state index contributed by atoms with van der Waals surface area (Å²) >= 11 is 0. The van der Waals surface area contributed by atoms with Crippen LogP contribution in [0.5, 0.6) is 0 Å². The van der Waals surface area contributed by atoms with Crippen LogP contribution in [0.1, 0.15) is 37.7 Å². The molecule has 1 heterocycles. The third-order valence-corrected chi connectivity index (χ3v) is 4.21. The number of alkyl halides is 2. The summed E-state index contributed by atoms with van der Waals surface area (Å²) in [5.74, 6) is -4.05. The Kier molecular flexibility index (Phi) is 3.03. The van der Waals surface area contributed by atoms with Crippen LogP contribution in [0.4, 0.5) is 14.5 Å². The molecule has 0 atom stereocenters. The lowest BCUT2D eigenvalue weighted by Crippen LogP contribution is -2.38. The average Bonchev–Trinajstić information content (AvgIpc) is 2.62. The van der Waals surface area contributed by atoms with Gasteiger partial charge in [0, 0.05) is 6.54 Å². The number of amides is 1. The zero-order chi connectivity index (χ0) is 13.5. The van der Waals surface area contributed by atoms with Gasteiger partial charge in [0.2, 0.25) is 0 Å². The number of hydrogen-bond acceptors (Lipinski definition) is 1. The van der Waals surface area contributed by atoms with Gasteiger partial charge in [-0.3, -0.25) is 4.79 Å². The monoisotopic (exact) mass is 265 g/mol. The fraction of sp³-hybridized carbons (Fsp3) is 0.533. The molecular weight excluding hydrogens is 248 g/mol. The molecule has 4 heteroatoms. The number of para-hydroxylation sites is 1. The van der Waals surface area contributed by atoms with Crippen LogP contribution in [0.3, 0.4) is 0 Å². The number of benzene rings is 1. The zero-order valence-electron chi connectivity index (χ0n) is 10.7. The van der Waals surface area contributed by atoms with Gasteiger partial charge in [-0.05, 0) is 24.8 Å². The van der Waals surface area contributed by atoms with Crippen molar-refractivity contribution in [2.24, 2.45) is 5.92 Å². The Bertz CT molecular complexity index is 495. The summed E-state index contributed by atoms with van der Waals surface area (Å²) in [6.45, 7) is 0.436. The maximum atomic E-state index is 13.9. The highest BCUT2D eigenvalue weighted by Crippen LogP contribution is 2.44. The molecule has 0 radical (unpaired) electrons. The van der Waals surface area contributed by atoms with E-state index in [2.05, 4.69) is 0 Å². The highest BCUT2D eigenvalue weighted by molar-refractivity contribution is 6.05. The molecule has 0 N–H and O–H groups in total. The van der Waals surface area contributed by atoms with E-state index in [0.29, 0.717) is 18.2 Å². The summed E-state index contributed by atoms with van der Waals surface area (Å²) in [5, 5.41) is 0. The quantitative estimate of drug-likeness (QED) is 0.798. The Morgan fingerprint density at radius 2 is 1.84 bits per heavy atom. The van der Waals surface area contributed by atoms with Gasteiger partial charge in [0.15, 0.2) is 0 Å². The van der Waals surface area contributed by atoms with Gasteiger partial charge >= 0.3 is 11.8 Å². The molecule has 1 aliphatic carbocycles. The van der Waals surface area contributed by atoms with E-state index in [0.717, 1.165) is 25.7 Å². The number of carbonyl (C=O) groups is 1. The number of nitrogens with zero attached hydrogens (tertiary/aromatic N) is 1. The maximum absolute atomic E-state index is 13.9. The molecule has 102 valence electrons. The number of halogens is 2. The van der Waals surface area contributed by atoms with E-state index < -0.39 is 11.8 Å². The lowest BCUT2D eigenvalue weighted by Gasteiger charge is -2.27. The SMILES string of the molecule is O=C1N(CC2CCCCC2)c2ccccc2C1(F)F. The first kappa shape index (κ1) is 12.6. The summed E-state index contributed by atoms with van der Waals surface area (Å²) in [4.78, 5) is 13.2. The summed E-state index contributed by atoms with van der Waals surface area (Å²) in [7, 11) is 0. The highest BCUT2D eigenvalue weighted by atomic mass is 19.3. The predicted octanol–water partition coefficient (Wildman–Crippen LogP) is 3.71. The van der Waals surface area contributed by atoms with Gasteiger partial charge in [-0.2, -0.15) is 8.78 Å². The molecule has 1 amide bonds. The van der Waals surface area contributed by atoms with Crippen molar-refractivity contribution < 1.29 is 13.6 Å². The molecule has 19 heavy (non-hydrogen) atoms. The molecule has 0 spiro atoms. The van der Waals surface area contributed by atoms with Crippen molar-refractivity contribution in [3.8, 4) is 0 Å². The van der Waals surface area contributed by atoms with Crippen LogP contribution in [0.15, 0.2) is 24.3 Å². The van der Waals surface area contributed by atoms with Crippen LogP contribution in [0.25, 0.3) is 0 Å². The lowest BCUT2D eigenvalue weighted by atomic mass is 9.89. The van der Waals surface area contributed by atoms with Gasteiger partial charge in [0.25, 0.3) is 0 Å². The van der Waals surface area contributed by atoms with Crippen LogP contribution in [0, 0.1) is 5.92 Å². The lowest BCUT2D eigenvalue weighted by molar-refractivity contribution is -0.141. The molecule has 2 aliphatic rings. The van der Waals surface area contributed by atoms with E-state index in [4.69, 9.17) is 0 Å². The van der Waals surface area contributed by atoms with Crippen LogP contribution in [-0.4, -0.2) is 12.5 Å². The first-order valence-electron chi connectivity index (χ1n) is 6.90. The molecule has 1 aliphatic heterocycles. The molecule has 0 aromatic heterocycles. The van der Waals surface area contributed by atoms with E-state index in [9.17, 15) is 13.6 Å². The average molecular weight is 265 g/mol. The van der Waals surface area contributed by atoms with Crippen LogP contribution in [0.2, 0.25) is 0 Å². The molecular formula is C15H17F2NO. The Hall–Kier alpha value is -1.45. The first-order chi connectivity index (χ1) is 9.10. The van der Waals surface area contributed by atoms with Crippen LogP contribution in [-0.2, 0) is 10.7 Å². The van der Waals surface area contributed by atoms with E-state index in [1.54, 1.807) is 18.2 Å². The molecule has 1 aromatic carbocycles. The van der Waals surface area contributed by atoms with Gasteiger partial charge in [-0.15, -0.1) is 0 Å². The molecule has 1 fully saturated rings. The number of fused-ring (bicyclic) bond motifs is 1. The minimum absolute atomic E-state index is 0.143. The third-order valence-electron chi connectivity index (χ3n) is 4.21. The van der Waals surface area contributed by atoms with Gasteiger partial charge < -0.3 is 4.90 Å². The normalized spacial score (nSPS) is 22.6. The van der Waals surface area contributed by atoms with Gasteiger partial charge in [-0.25, -0.2) is 0 Å². The van der Waals surface area contributed by atoms with Gasteiger partial charge in [-0.1, -0.05) is 37.5 Å². The standard InChI is InChI=1S/C15H17F2NO/c16-15(17)12-8-4-5-9-13(12)18(14(15)19)10-11-6-2-1-3-7-11/h4-5,8-9,11H,1-3,6-7,10H2. The maximum Gasteiger partial charge on any atom is 0.352 e. The first-order valence-corrected chi connectivity index (χ1v) is 6.90. The Morgan fingerprint density at radius 3 is 2.58 bits per heavy atom. The highest BCUT2D eigenvalue weighted by Gasteiger charge is 2.52. The number of hydrogen-bond donors (Lipinski definition) is 0. The van der Waals surface area contributed by atoms with E-state index >= 15 is 0 Å². The molecule has 1 aromatic rings. The summed E-state index contributed by atoms with van der Waals surface area (Å²) in [5.41, 5.74) is 0.249. The Morgan fingerprint density at radius 1 is 1.16 bits per heavy atom. The second-order valence-corrected chi connectivity index (χ2v) is 5.51. The molecule has 3 rings (SSSR count). The van der Waals surface area contributed by atoms with Crippen molar-refractivity contribution in [3.63, 3.8) is 0 Å². The van der Waals surface area contributed by atoms with E-state index in [1.165, 1.54) is 17.4 Å². The largest absolute Gasteiger partial charge is 0.352 e. The fourth-order valence-electron chi connectivity index (χ4n) is 3.18. The summed E-state index contributed by atoms with van der Waals surface area (Å²) < 4.78 is 27.9. The topological polar surface area (TPSA) is 20.3 Å². The van der Waals surface area contributed by atoms with E-state index in [1.807, 2.05) is 0 Å². The van der Waals surface area contributed by atoms with Crippen LogP contribution >= 0.6 is 0 Å². The van der Waals surface area contributed by atoms with Crippen molar-refractivity contribution in [2.75, 3.05) is 11.4 Å². The van der Waals surface area contributed by atoms with Crippen molar-refractivity contribution >= 4 is 11.6 Å². The van der Waals surface area contributed by atoms with Crippen molar-refractivity contribution in [1.29, 1.82) is 0 Å². The van der Waals surface area contributed by atoms with Gasteiger partial charge in [0.05, 0.1) is 11.3 Å². The second kappa shape index (κ2) is 4.58. The number of rotatable bonds is 2. The minimum atomic E-state index is -3.36. The second-order valence-electron chi connectivity index (χ2n) is 5.51. The summed E-state index contributed by atoms with van der Waals surface area (Å²) in [6, 6.07) is 6.25. The van der Waals surface area contributed by atoms with E-state index in [-0.39, 0.29) is 5.56 Å². The van der Waals surface area contributed by atoms with Crippen molar-refractivity contribution in [1.82, 2.24) is 0 Å². The summed E-state index contributed by atoms with van der Waals surface area (Å²) in [6.07, 6.45) is 5.59. The van der Waals surface area contributed by atoms with Crippen LogP contribution < -0.4 is 4.90 Å². The van der Waals surface area contributed by atoms with Gasteiger partial charge in [0.1, 0.15) is 0 Å². The number of anilines is 1. The number of carbonyl (C=O) groups excluding carboxylic acids is 1. The minimum Gasteiger partial charge on any atom is -0.306 e. The third kappa shape index (κ3) is 2.03. The Balaban J connectivity index is 1.87. The molecule has 0 saturated heterocycles. The smallest absolute Gasteiger partial charge is 0.306 e. The molecule has 0 unspecified atom stereocenters. The van der Waals surface area contributed by atoms with Crippen molar-refractivity contribution in [2.45, 2.75) is 38.0 Å². The fourth-order valence-corrected chi connectivity index (χ4v) is 3.18. The molecule has 2 nitrogen and oxygen atoms in total. The van der Waals surface area contributed by atoms with Crippen molar-refractivity contribution in [3.05, 3.63) is 29.8 Å². The Labute approximate surface area is 111 Å². The molecule has 0 bridgehead atoms. The molecule has 1 saturated carbocycles. The predicted molar refractivity (Wildman–Crippen MR) is 69.3 cm³/mol. The zero-order valence-corrected chi connectivity index (χ0v) is 10.7.